The van der Waals surface area contributed by atoms with Crippen molar-refractivity contribution in [3.8, 4) is 0 Å². The Balaban J connectivity index is 4.21. The summed E-state index contributed by atoms with van der Waals surface area (Å²) in [6, 6.07) is 0. The Labute approximate surface area is 106 Å². The van der Waals surface area contributed by atoms with Gasteiger partial charge in [0.1, 0.15) is 0 Å². The number of hydrogen-bond donors (Lipinski definition) is 2. The normalized spacial score (nSPS) is 11.9. The number of unbranched alkanes of at least 4 members (excludes halogenated alkanes) is 1. The van der Waals surface area contributed by atoms with Gasteiger partial charge in [0.15, 0.2) is 0 Å². The molecule has 0 aliphatic rings. The van der Waals surface area contributed by atoms with Crippen molar-refractivity contribution in [2.75, 3.05) is 26.7 Å². The summed E-state index contributed by atoms with van der Waals surface area (Å²) in [4.78, 5) is 13.8. The number of nitrogens with two attached hydrogens (primary N) is 1. The summed E-state index contributed by atoms with van der Waals surface area (Å²) in [5.41, 5.74) is 5.81. The van der Waals surface area contributed by atoms with Crippen LogP contribution in [0, 0.1) is 0 Å². The fourth-order valence-corrected chi connectivity index (χ4v) is 2.08. The topological polar surface area (TPSA) is 58.4 Å². The summed E-state index contributed by atoms with van der Waals surface area (Å²) in [6.45, 7) is 8.17. The first-order valence-electron chi connectivity index (χ1n) is 6.74. The Bertz CT molecular complexity index is 206. The van der Waals surface area contributed by atoms with Gasteiger partial charge in [0.2, 0.25) is 5.91 Å². The fraction of sp³-hybridized carbons (Fsp3) is 0.923. The maximum atomic E-state index is 11.7. The van der Waals surface area contributed by atoms with Crippen molar-refractivity contribution in [1.82, 2.24) is 10.2 Å². The highest BCUT2D eigenvalue weighted by atomic mass is 16.2. The largest absolute Gasteiger partial charge is 0.355 e. The molecule has 0 atom stereocenters. The van der Waals surface area contributed by atoms with Crippen LogP contribution in [0.4, 0.5) is 0 Å². The first kappa shape index (κ1) is 16.4. The summed E-state index contributed by atoms with van der Waals surface area (Å²) >= 11 is 0. The van der Waals surface area contributed by atoms with Crippen molar-refractivity contribution in [3.63, 3.8) is 0 Å². The molecule has 0 aromatic heterocycles. The molecule has 0 aromatic carbocycles. The van der Waals surface area contributed by atoms with Gasteiger partial charge in [-0.15, -0.1) is 0 Å². The van der Waals surface area contributed by atoms with E-state index in [4.69, 9.17) is 5.73 Å². The lowest BCUT2D eigenvalue weighted by Gasteiger charge is -2.39. The minimum atomic E-state index is -0.0396. The molecule has 0 saturated heterocycles. The van der Waals surface area contributed by atoms with Crippen LogP contribution in [0.1, 0.15) is 46.5 Å². The zero-order valence-electron chi connectivity index (χ0n) is 11.9. The molecule has 0 unspecified atom stereocenters. The minimum Gasteiger partial charge on any atom is -0.355 e. The monoisotopic (exact) mass is 243 g/mol. The molecule has 0 saturated carbocycles. The second kappa shape index (κ2) is 8.48. The van der Waals surface area contributed by atoms with Gasteiger partial charge < -0.3 is 11.1 Å². The third-order valence-corrected chi connectivity index (χ3v) is 3.74. The standard InChI is InChI=1S/C13H29N3O/c1-5-8-9-15-12(17)10-16(4)13(6-2,7-3)11-14/h5-11,14H2,1-4H3,(H,15,17). The van der Waals surface area contributed by atoms with E-state index < -0.39 is 0 Å². The Hall–Kier alpha value is -0.610. The van der Waals surface area contributed by atoms with Crippen molar-refractivity contribution >= 4 is 5.91 Å². The number of carbonyl (C=O) groups is 1. The molecule has 4 heteroatoms. The summed E-state index contributed by atoms with van der Waals surface area (Å²) in [5.74, 6) is 0.0978. The number of nitrogens with zero attached hydrogens (tertiary/aromatic N) is 1. The van der Waals surface area contributed by atoms with Crippen LogP contribution in [0.5, 0.6) is 0 Å². The van der Waals surface area contributed by atoms with Crippen molar-refractivity contribution in [3.05, 3.63) is 0 Å². The lowest BCUT2D eigenvalue weighted by Crippen LogP contribution is -2.54. The zero-order chi connectivity index (χ0) is 13.3. The van der Waals surface area contributed by atoms with Crippen LogP contribution >= 0.6 is 0 Å². The summed E-state index contributed by atoms with van der Waals surface area (Å²) < 4.78 is 0. The van der Waals surface area contributed by atoms with Gasteiger partial charge in [0.05, 0.1) is 6.54 Å². The highest BCUT2D eigenvalue weighted by molar-refractivity contribution is 5.78. The first-order valence-corrected chi connectivity index (χ1v) is 6.74. The predicted molar refractivity (Wildman–Crippen MR) is 72.9 cm³/mol. The van der Waals surface area contributed by atoms with Crippen LogP contribution in [0.15, 0.2) is 0 Å². The molecule has 17 heavy (non-hydrogen) atoms. The van der Waals surface area contributed by atoms with Crippen LogP contribution < -0.4 is 11.1 Å². The van der Waals surface area contributed by atoms with E-state index in [0.717, 1.165) is 32.2 Å². The number of nitrogens with one attached hydrogen (secondary N) is 1. The second-order valence-electron chi connectivity index (χ2n) is 4.70. The number of likely N-dealkylation sites (N-methyl/N-ethyl adjacent to an activating group) is 1. The van der Waals surface area contributed by atoms with Gasteiger partial charge in [-0.05, 0) is 26.3 Å². The predicted octanol–water partition coefficient (Wildman–Crippen LogP) is 1.35. The summed E-state index contributed by atoms with van der Waals surface area (Å²) in [7, 11) is 1.99. The average Bonchev–Trinajstić information content (AvgIpc) is 2.32. The number of amides is 1. The van der Waals surface area contributed by atoms with Gasteiger partial charge in [0, 0.05) is 18.6 Å². The molecule has 102 valence electrons. The van der Waals surface area contributed by atoms with Gasteiger partial charge in [-0.2, -0.15) is 0 Å². The van der Waals surface area contributed by atoms with E-state index in [1.807, 2.05) is 7.05 Å². The van der Waals surface area contributed by atoms with Crippen LogP contribution in [0.2, 0.25) is 0 Å². The van der Waals surface area contributed by atoms with Crippen molar-refractivity contribution < 1.29 is 4.79 Å². The first-order chi connectivity index (χ1) is 8.06. The van der Waals surface area contributed by atoms with E-state index >= 15 is 0 Å². The minimum absolute atomic E-state index is 0.0396. The Morgan fingerprint density at radius 1 is 1.29 bits per heavy atom. The lowest BCUT2D eigenvalue weighted by molar-refractivity contribution is -0.123. The average molecular weight is 243 g/mol. The molecule has 0 rings (SSSR count). The Morgan fingerprint density at radius 3 is 2.29 bits per heavy atom. The van der Waals surface area contributed by atoms with Crippen LogP contribution in [-0.4, -0.2) is 43.0 Å². The molecule has 0 fully saturated rings. The van der Waals surface area contributed by atoms with Crippen LogP contribution in [-0.2, 0) is 4.79 Å². The molecule has 0 aliphatic carbocycles. The number of rotatable bonds is 9. The number of hydrogen-bond acceptors (Lipinski definition) is 3. The van der Waals surface area contributed by atoms with E-state index in [2.05, 4.69) is 31.0 Å². The molecule has 0 aliphatic heterocycles. The number of carbonyl (C=O) groups excluding carboxylic acids is 1. The molecule has 0 aromatic rings. The van der Waals surface area contributed by atoms with E-state index in [9.17, 15) is 4.79 Å². The molecule has 3 N–H and O–H groups in total. The fourth-order valence-electron chi connectivity index (χ4n) is 2.08. The quantitative estimate of drug-likeness (QED) is 0.601. The third-order valence-electron chi connectivity index (χ3n) is 3.74. The lowest BCUT2D eigenvalue weighted by atomic mass is 9.91. The van der Waals surface area contributed by atoms with Gasteiger partial charge in [-0.3, -0.25) is 9.69 Å². The SMILES string of the molecule is CCCCNC(=O)CN(C)C(CC)(CC)CN. The second-order valence-corrected chi connectivity index (χ2v) is 4.70. The van der Waals surface area contributed by atoms with E-state index in [0.29, 0.717) is 13.1 Å². The van der Waals surface area contributed by atoms with E-state index in [1.165, 1.54) is 0 Å². The molecule has 0 heterocycles. The van der Waals surface area contributed by atoms with Gasteiger partial charge in [-0.25, -0.2) is 0 Å². The van der Waals surface area contributed by atoms with Gasteiger partial charge in [-0.1, -0.05) is 27.2 Å². The molecular weight excluding hydrogens is 214 g/mol. The summed E-state index contributed by atoms with van der Waals surface area (Å²) in [6.07, 6.45) is 4.09. The summed E-state index contributed by atoms with van der Waals surface area (Å²) in [5, 5.41) is 2.94. The Kier molecular flexibility index (Phi) is 8.17. The molecule has 0 radical (unpaired) electrons. The molecule has 1 amide bonds. The maximum absolute atomic E-state index is 11.7. The molecule has 0 spiro atoms. The van der Waals surface area contributed by atoms with E-state index in [-0.39, 0.29) is 11.4 Å². The smallest absolute Gasteiger partial charge is 0.234 e. The van der Waals surface area contributed by atoms with Crippen molar-refractivity contribution in [1.29, 1.82) is 0 Å². The van der Waals surface area contributed by atoms with Crippen LogP contribution in [0.3, 0.4) is 0 Å². The molecule has 0 bridgehead atoms. The van der Waals surface area contributed by atoms with Crippen molar-refractivity contribution in [2.24, 2.45) is 5.73 Å². The van der Waals surface area contributed by atoms with Gasteiger partial charge in [0.25, 0.3) is 0 Å². The van der Waals surface area contributed by atoms with Gasteiger partial charge >= 0.3 is 0 Å². The van der Waals surface area contributed by atoms with Crippen LogP contribution in [0.25, 0.3) is 0 Å². The van der Waals surface area contributed by atoms with Crippen molar-refractivity contribution in [2.45, 2.75) is 52.0 Å². The molecular formula is C13H29N3O. The third kappa shape index (κ3) is 5.04. The Morgan fingerprint density at radius 2 is 1.88 bits per heavy atom. The maximum Gasteiger partial charge on any atom is 0.234 e. The van der Waals surface area contributed by atoms with E-state index in [1.54, 1.807) is 0 Å². The molecule has 4 nitrogen and oxygen atoms in total. The highest BCUT2D eigenvalue weighted by Crippen LogP contribution is 2.20. The zero-order valence-corrected chi connectivity index (χ0v) is 11.9. The highest BCUT2D eigenvalue weighted by Gasteiger charge is 2.30.